The minimum Gasteiger partial charge on any atom is -0.507 e. The lowest BCUT2D eigenvalue weighted by molar-refractivity contribution is -0.125. The number of aromatic hydroxyl groups is 1. The first-order valence-corrected chi connectivity index (χ1v) is 6.04. The fourth-order valence-corrected chi connectivity index (χ4v) is 2.53. The summed E-state index contributed by atoms with van der Waals surface area (Å²) in [7, 11) is 0. The molecule has 3 nitrogen and oxygen atoms in total. The summed E-state index contributed by atoms with van der Waals surface area (Å²) in [5.74, 6) is 0.460. The number of amides is 1. The summed E-state index contributed by atoms with van der Waals surface area (Å²) >= 11 is 0. The average Bonchev–Trinajstić information content (AvgIpc) is 2.25. The monoisotopic (exact) mass is 233 g/mol. The molecule has 2 rings (SSSR count). The van der Waals surface area contributed by atoms with Crippen LogP contribution in [0.1, 0.15) is 42.9 Å². The highest BCUT2D eigenvalue weighted by molar-refractivity contribution is 5.78. The Balaban J connectivity index is 2.42. The Morgan fingerprint density at radius 1 is 1.29 bits per heavy atom. The third-order valence-electron chi connectivity index (χ3n) is 3.62. The molecule has 1 fully saturated rings. The second-order valence-electron chi connectivity index (χ2n) is 5.19. The van der Waals surface area contributed by atoms with Gasteiger partial charge in [-0.25, -0.2) is 0 Å². The number of rotatable bonds is 1. The zero-order chi connectivity index (χ0) is 12.6. The number of phenolic OH excluding ortho intramolecular Hbond substituents is 1. The molecule has 17 heavy (non-hydrogen) atoms. The Morgan fingerprint density at radius 2 is 1.88 bits per heavy atom. The molecule has 2 N–H and O–H groups in total. The van der Waals surface area contributed by atoms with E-state index in [0.29, 0.717) is 12.2 Å². The van der Waals surface area contributed by atoms with Gasteiger partial charge in [-0.1, -0.05) is 12.1 Å². The number of benzene rings is 1. The molecule has 1 aliphatic heterocycles. The standard InChI is InChI=1S/C14H19NO2/c1-9-7-11(8-10(2)13(9)17)14(3)6-4-5-12(16)15-14/h7-8,17H,4-6H2,1-3H3,(H,15,16). The lowest BCUT2D eigenvalue weighted by Crippen LogP contribution is -2.46. The Hall–Kier alpha value is -1.51. The van der Waals surface area contributed by atoms with Gasteiger partial charge >= 0.3 is 0 Å². The van der Waals surface area contributed by atoms with Gasteiger partial charge in [-0.2, -0.15) is 0 Å². The van der Waals surface area contributed by atoms with E-state index < -0.39 is 0 Å². The Kier molecular flexibility index (Phi) is 2.86. The number of nitrogens with one attached hydrogen (secondary N) is 1. The Bertz CT molecular complexity index is 444. The zero-order valence-electron chi connectivity index (χ0n) is 10.6. The number of hydrogen-bond donors (Lipinski definition) is 2. The van der Waals surface area contributed by atoms with E-state index in [1.165, 1.54) is 0 Å². The van der Waals surface area contributed by atoms with Crippen LogP contribution in [0.25, 0.3) is 0 Å². The van der Waals surface area contributed by atoms with Gasteiger partial charge in [-0.3, -0.25) is 4.79 Å². The molecule has 0 spiro atoms. The van der Waals surface area contributed by atoms with Crippen LogP contribution in [0.4, 0.5) is 0 Å². The lowest BCUT2D eigenvalue weighted by atomic mass is 9.82. The number of aryl methyl sites for hydroxylation is 2. The molecule has 3 heteroatoms. The number of carbonyl (C=O) groups excluding carboxylic acids is 1. The van der Waals surface area contributed by atoms with E-state index in [0.717, 1.165) is 29.5 Å². The van der Waals surface area contributed by atoms with Crippen LogP contribution in [0, 0.1) is 13.8 Å². The molecule has 0 saturated carbocycles. The van der Waals surface area contributed by atoms with Crippen LogP contribution in [0.5, 0.6) is 5.75 Å². The van der Waals surface area contributed by atoms with Gasteiger partial charge in [-0.05, 0) is 50.3 Å². The first-order valence-electron chi connectivity index (χ1n) is 6.04. The van der Waals surface area contributed by atoms with Crippen LogP contribution in [0.15, 0.2) is 12.1 Å². The smallest absolute Gasteiger partial charge is 0.220 e. The van der Waals surface area contributed by atoms with E-state index in [-0.39, 0.29) is 11.4 Å². The number of carbonyl (C=O) groups is 1. The summed E-state index contributed by atoms with van der Waals surface area (Å²) in [6.45, 7) is 5.83. The van der Waals surface area contributed by atoms with Gasteiger partial charge in [0.25, 0.3) is 0 Å². The highest BCUT2D eigenvalue weighted by atomic mass is 16.3. The molecule has 0 aliphatic carbocycles. The molecule has 1 aromatic carbocycles. The van der Waals surface area contributed by atoms with E-state index in [4.69, 9.17) is 0 Å². The second kappa shape index (κ2) is 4.06. The van der Waals surface area contributed by atoms with Crippen molar-refractivity contribution in [2.24, 2.45) is 0 Å². The third kappa shape index (κ3) is 2.14. The van der Waals surface area contributed by atoms with Crippen molar-refractivity contribution in [2.75, 3.05) is 0 Å². The summed E-state index contributed by atoms with van der Waals surface area (Å²) in [4.78, 5) is 11.5. The van der Waals surface area contributed by atoms with Gasteiger partial charge in [0.2, 0.25) is 5.91 Å². The van der Waals surface area contributed by atoms with Crippen molar-refractivity contribution in [3.8, 4) is 5.75 Å². The molecular formula is C14H19NO2. The van der Waals surface area contributed by atoms with Crippen molar-refractivity contribution >= 4 is 5.91 Å². The maximum atomic E-state index is 11.5. The predicted molar refractivity (Wildman–Crippen MR) is 66.9 cm³/mol. The molecular weight excluding hydrogens is 214 g/mol. The van der Waals surface area contributed by atoms with E-state index >= 15 is 0 Å². The van der Waals surface area contributed by atoms with E-state index in [9.17, 15) is 9.90 Å². The molecule has 0 aromatic heterocycles. The number of hydrogen-bond acceptors (Lipinski definition) is 2. The van der Waals surface area contributed by atoms with Crippen molar-refractivity contribution in [1.29, 1.82) is 0 Å². The molecule has 1 aliphatic rings. The van der Waals surface area contributed by atoms with Crippen molar-refractivity contribution in [1.82, 2.24) is 5.32 Å². The normalized spacial score (nSPS) is 24.5. The fourth-order valence-electron chi connectivity index (χ4n) is 2.53. The molecule has 0 bridgehead atoms. The average molecular weight is 233 g/mol. The van der Waals surface area contributed by atoms with Gasteiger partial charge in [0.05, 0.1) is 5.54 Å². The maximum absolute atomic E-state index is 11.5. The first kappa shape index (κ1) is 12.0. The van der Waals surface area contributed by atoms with E-state index in [1.807, 2.05) is 26.0 Å². The molecule has 1 saturated heterocycles. The lowest BCUT2D eigenvalue weighted by Gasteiger charge is -2.35. The molecule has 1 unspecified atom stereocenters. The van der Waals surface area contributed by atoms with Gasteiger partial charge in [0, 0.05) is 6.42 Å². The third-order valence-corrected chi connectivity index (χ3v) is 3.62. The minimum atomic E-state index is -0.293. The van der Waals surface area contributed by atoms with Crippen LogP contribution in [-0.2, 0) is 10.3 Å². The van der Waals surface area contributed by atoms with E-state index in [2.05, 4.69) is 12.2 Å². The molecule has 1 aromatic rings. The molecule has 0 radical (unpaired) electrons. The van der Waals surface area contributed by atoms with Crippen LogP contribution in [0.3, 0.4) is 0 Å². The largest absolute Gasteiger partial charge is 0.507 e. The van der Waals surface area contributed by atoms with Crippen molar-refractivity contribution in [3.63, 3.8) is 0 Å². The topological polar surface area (TPSA) is 49.3 Å². The molecule has 1 atom stereocenters. The van der Waals surface area contributed by atoms with Crippen LogP contribution in [0.2, 0.25) is 0 Å². The number of piperidine rings is 1. The summed E-state index contributed by atoms with van der Waals surface area (Å²) < 4.78 is 0. The summed E-state index contributed by atoms with van der Waals surface area (Å²) in [6.07, 6.45) is 2.48. The van der Waals surface area contributed by atoms with Gasteiger partial charge in [0.15, 0.2) is 0 Å². The summed E-state index contributed by atoms with van der Waals surface area (Å²) in [5.41, 5.74) is 2.51. The quantitative estimate of drug-likeness (QED) is 0.783. The van der Waals surface area contributed by atoms with Crippen LogP contribution < -0.4 is 5.32 Å². The molecule has 1 heterocycles. The Labute approximate surface area is 102 Å². The van der Waals surface area contributed by atoms with Crippen molar-refractivity contribution in [2.45, 2.75) is 45.6 Å². The number of phenols is 1. The second-order valence-corrected chi connectivity index (χ2v) is 5.19. The first-order chi connectivity index (χ1) is 7.92. The van der Waals surface area contributed by atoms with E-state index in [1.54, 1.807) is 0 Å². The van der Waals surface area contributed by atoms with Gasteiger partial charge < -0.3 is 10.4 Å². The summed E-state index contributed by atoms with van der Waals surface area (Å²) in [6, 6.07) is 3.93. The SMILES string of the molecule is Cc1cc(C2(C)CCCC(=O)N2)cc(C)c1O. The highest BCUT2D eigenvalue weighted by Crippen LogP contribution is 2.34. The Morgan fingerprint density at radius 3 is 2.41 bits per heavy atom. The molecule has 1 amide bonds. The fraction of sp³-hybridized carbons (Fsp3) is 0.500. The van der Waals surface area contributed by atoms with Crippen LogP contribution in [-0.4, -0.2) is 11.0 Å². The molecule has 92 valence electrons. The highest BCUT2D eigenvalue weighted by Gasteiger charge is 2.32. The predicted octanol–water partition coefficient (Wildman–Crippen LogP) is 2.52. The maximum Gasteiger partial charge on any atom is 0.220 e. The zero-order valence-corrected chi connectivity index (χ0v) is 10.6. The minimum absolute atomic E-state index is 0.113. The van der Waals surface area contributed by atoms with Crippen molar-refractivity contribution < 1.29 is 9.90 Å². The van der Waals surface area contributed by atoms with Crippen molar-refractivity contribution in [3.05, 3.63) is 28.8 Å². The van der Waals surface area contributed by atoms with Gasteiger partial charge in [-0.15, -0.1) is 0 Å². The van der Waals surface area contributed by atoms with Crippen LogP contribution >= 0.6 is 0 Å². The van der Waals surface area contributed by atoms with Gasteiger partial charge in [0.1, 0.15) is 5.75 Å². The summed E-state index contributed by atoms with van der Waals surface area (Å²) in [5, 5.41) is 12.8.